The molecule has 0 bridgehead atoms. The minimum absolute atomic E-state index is 0.0308. The van der Waals surface area contributed by atoms with Crippen LogP contribution in [0.5, 0.6) is 0 Å². The van der Waals surface area contributed by atoms with E-state index < -0.39 is 0 Å². The van der Waals surface area contributed by atoms with Gasteiger partial charge in [-0.25, -0.2) is 0 Å². The third-order valence-electron chi connectivity index (χ3n) is 3.38. The number of H-pyrrole nitrogens is 1. The summed E-state index contributed by atoms with van der Waals surface area (Å²) < 4.78 is 5.52. The van der Waals surface area contributed by atoms with Gasteiger partial charge in [0.2, 0.25) is 5.91 Å². The number of aromatic nitrogens is 2. The minimum atomic E-state index is -0.240. The van der Waals surface area contributed by atoms with Crippen molar-refractivity contribution in [3.63, 3.8) is 0 Å². The SMILES string of the molecule is Cc1[nH]ncc1CCCNC(=O)C1CCC(C)O1. The van der Waals surface area contributed by atoms with E-state index in [1.165, 1.54) is 5.56 Å². The molecule has 0 spiro atoms. The summed E-state index contributed by atoms with van der Waals surface area (Å²) in [7, 11) is 0. The van der Waals surface area contributed by atoms with Crippen molar-refractivity contribution >= 4 is 5.91 Å². The Balaban J connectivity index is 1.64. The van der Waals surface area contributed by atoms with Gasteiger partial charge in [-0.05, 0) is 45.1 Å². The van der Waals surface area contributed by atoms with Crippen molar-refractivity contribution in [2.45, 2.75) is 51.7 Å². The fourth-order valence-electron chi connectivity index (χ4n) is 2.23. The topological polar surface area (TPSA) is 67.0 Å². The standard InChI is InChI=1S/C13H21N3O2/c1-9-5-6-12(18-9)13(17)14-7-3-4-11-8-15-16-10(11)2/h8-9,12H,3-7H2,1-2H3,(H,14,17)(H,15,16). The van der Waals surface area contributed by atoms with Gasteiger partial charge in [-0.2, -0.15) is 5.10 Å². The summed E-state index contributed by atoms with van der Waals surface area (Å²) in [6.45, 7) is 4.71. The normalized spacial score (nSPS) is 23.2. The van der Waals surface area contributed by atoms with Crippen LogP contribution in [0, 0.1) is 6.92 Å². The van der Waals surface area contributed by atoms with Crippen LogP contribution in [0.4, 0.5) is 0 Å². The van der Waals surface area contributed by atoms with Crippen LogP contribution in [0.15, 0.2) is 6.20 Å². The predicted octanol–water partition coefficient (Wildman–Crippen LogP) is 1.33. The zero-order chi connectivity index (χ0) is 13.0. The molecule has 0 aromatic carbocycles. The molecule has 5 heteroatoms. The second-order valence-corrected chi connectivity index (χ2v) is 4.93. The number of ether oxygens (including phenoxy) is 1. The summed E-state index contributed by atoms with van der Waals surface area (Å²) in [4.78, 5) is 11.8. The Labute approximate surface area is 107 Å². The molecule has 0 radical (unpaired) electrons. The van der Waals surface area contributed by atoms with E-state index >= 15 is 0 Å². The molecule has 1 fully saturated rings. The number of carbonyl (C=O) groups is 1. The maximum Gasteiger partial charge on any atom is 0.249 e. The van der Waals surface area contributed by atoms with E-state index in [2.05, 4.69) is 15.5 Å². The molecule has 1 aliphatic rings. The molecular weight excluding hydrogens is 230 g/mol. The van der Waals surface area contributed by atoms with Crippen LogP contribution in [0.25, 0.3) is 0 Å². The Bertz CT molecular complexity index is 403. The first-order chi connectivity index (χ1) is 8.66. The largest absolute Gasteiger partial charge is 0.365 e. The number of carbonyl (C=O) groups excluding carboxylic acids is 1. The van der Waals surface area contributed by atoms with Gasteiger partial charge in [0.05, 0.1) is 12.3 Å². The second kappa shape index (κ2) is 6.00. The molecule has 100 valence electrons. The molecule has 2 atom stereocenters. The number of nitrogens with zero attached hydrogens (tertiary/aromatic N) is 1. The van der Waals surface area contributed by atoms with Gasteiger partial charge < -0.3 is 10.1 Å². The van der Waals surface area contributed by atoms with Crippen LogP contribution in [-0.2, 0) is 16.0 Å². The number of hydrogen-bond donors (Lipinski definition) is 2. The summed E-state index contributed by atoms with van der Waals surface area (Å²) in [5.74, 6) is 0.0308. The lowest BCUT2D eigenvalue weighted by Gasteiger charge is -2.11. The van der Waals surface area contributed by atoms with Crippen LogP contribution in [0.2, 0.25) is 0 Å². The quantitative estimate of drug-likeness (QED) is 0.776. The lowest BCUT2D eigenvalue weighted by molar-refractivity contribution is -0.131. The molecule has 2 unspecified atom stereocenters. The van der Waals surface area contributed by atoms with Gasteiger partial charge >= 0.3 is 0 Å². The van der Waals surface area contributed by atoms with Gasteiger partial charge in [-0.15, -0.1) is 0 Å². The van der Waals surface area contributed by atoms with Crippen molar-refractivity contribution in [1.29, 1.82) is 0 Å². The van der Waals surface area contributed by atoms with Crippen LogP contribution < -0.4 is 5.32 Å². The zero-order valence-electron chi connectivity index (χ0n) is 11.0. The van der Waals surface area contributed by atoms with Crippen molar-refractivity contribution in [3.05, 3.63) is 17.5 Å². The molecule has 1 aliphatic heterocycles. The average molecular weight is 251 g/mol. The van der Waals surface area contributed by atoms with E-state index in [1.807, 2.05) is 20.0 Å². The third kappa shape index (κ3) is 3.32. The molecule has 1 saturated heterocycles. The first kappa shape index (κ1) is 13.1. The highest BCUT2D eigenvalue weighted by Gasteiger charge is 2.27. The summed E-state index contributed by atoms with van der Waals surface area (Å²) in [5.41, 5.74) is 2.32. The smallest absolute Gasteiger partial charge is 0.249 e. The van der Waals surface area contributed by atoms with Crippen molar-refractivity contribution in [2.75, 3.05) is 6.54 Å². The number of aryl methyl sites for hydroxylation is 2. The number of hydrogen-bond acceptors (Lipinski definition) is 3. The molecule has 1 aromatic rings. The molecule has 2 heterocycles. The average Bonchev–Trinajstić information content (AvgIpc) is 2.94. The molecule has 0 aliphatic carbocycles. The maximum absolute atomic E-state index is 11.8. The fourth-order valence-corrected chi connectivity index (χ4v) is 2.23. The Kier molecular flexibility index (Phi) is 4.36. The van der Waals surface area contributed by atoms with Gasteiger partial charge in [0.15, 0.2) is 0 Å². The highest BCUT2D eigenvalue weighted by molar-refractivity contribution is 5.80. The van der Waals surface area contributed by atoms with Gasteiger partial charge in [0.25, 0.3) is 0 Å². The maximum atomic E-state index is 11.8. The number of nitrogens with one attached hydrogen (secondary N) is 2. The first-order valence-corrected chi connectivity index (χ1v) is 6.59. The van der Waals surface area contributed by atoms with Gasteiger partial charge in [0, 0.05) is 12.2 Å². The lowest BCUT2D eigenvalue weighted by Crippen LogP contribution is -2.35. The molecule has 1 aromatic heterocycles. The van der Waals surface area contributed by atoms with E-state index in [9.17, 15) is 4.79 Å². The van der Waals surface area contributed by atoms with E-state index in [0.29, 0.717) is 6.54 Å². The van der Waals surface area contributed by atoms with Gasteiger partial charge in [0.1, 0.15) is 6.10 Å². The summed E-state index contributed by atoms with van der Waals surface area (Å²) in [6.07, 6.45) is 5.50. The molecule has 2 rings (SSSR count). The Morgan fingerprint density at radius 1 is 1.61 bits per heavy atom. The fraction of sp³-hybridized carbons (Fsp3) is 0.692. The third-order valence-corrected chi connectivity index (χ3v) is 3.38. The minimum Gasteiger partial charge on any atom is -0.365 e. The van der Waals surface area contributed by atoms with E-state index in [4.69, 9.17) is 4.74 Å². The lowest BCUT2D eigenvalue weighted by atomic mass is 10.1. The van der Waals surface area contributed by atoms with Crippen LogP contribution in [-0.4, -0.2) is 34.9 Å². The van der Waals surface area contributed by atoms with E-state index in [0.717, 1.165) is 31.4 Å². The molecule has 5 nitrogen and oxygen atoms in total. The highest BCUT2D eigenvalue weighted by Crippen LogP contribution is 2.18. The van der Waals surface area contributed by atoms with Crippen molar-refractivity contribution in [2.24, 2.45) is 0 Å². The summed E-state index contributed by atoms with van der Waals surface area (Å²) in [5, 5.41) is 9.82. The van der Waals surface area contributed by atoms with Gasteiger partial charge in [-0.3, -0.25) is 9.89 Å². The second-order valence-electron chi connectivity index (χ2n) is 4.93. The zero-order valence-corrected chi connectivity index (χ0v) is 11.0. The number of aromatic amines is 1. The molecule has 1 amide bonds. The molecule has 0 saturated carbocycles. The van der Waals surface area contributed by atoms with E-state index in [-0.39, 0.29) is 18.1 Å². The first-order valence-electron chi connectivity index (χ1n) is 6.59. The highest BCUT2D eigenvalue weighted by atomic mass is 16.5. The molecule has 18 heavy (non-hydrogen) atoms. The van der Waals surface area contributed by atoms with Crippen molar-refractivity contribution in [1.82, 2.24) is 15.5 Å². The van der Waals surface area contributed by atoms with Gasteiger partial charge in [-0.1, -0.05) is 0 Å². The summed E-state index contributed by atoms with van der Waals surface area (Å²) in [6, 6.07) is 0. The monoisotopic (exact) mass is 251 g/mol. The summed E-state index contributed by atoms with van der Waals surface area (Å²) >= 11 is 0. The molecular formula is C13H21N3O2. The number of rotatable bonds is 5. The van der Waals surface area contributed by atoms with Crippen LogP contribution in [0.1, 0.15) is 37.4 Å². The van der Waals surface area contributed by atoms with Crippen LogP contribution >= 0.6 is 0 Å². The number of amides is 1. The van der Waals surface area contributed by atoms with E-state index in [1.54, 1.807) is 0 Å². The van der Waals surface area contributed by atoms with Crippen LogP contribution in [0.3, 0.4) is 0 Å². The Hall–Kier alpha value is -1.36. The predicted molar refractivity (Wildman–Crippen MR) is 68.2 cm³/mol. The Morgan fingerprint density at radius 2 is 2.44 bits per heavy atom. The molecule has 2 N–H and O–H groups in total. The Morgan fingerprint density at radius 3 is 3.06 bits per heavy atom. The van der Waals surface area contributed by atoms with Crippen molar-refractivity contribution in [3.8, 4) is 0 Å². The van der Waals surface area contributed by atoms with Crippen molar-refractivity contribution < 1.29 is 9.53 Å².